The van der Waals surface area contributed by atoms with E-state index in [9.17, 15) is 4.79 Å². The lowest BCUT2D eigenvalue weighted by molar-refractivity contribution is 0.0697. The van der Waals surface area contributed by atoms with Crippen molar-refractivity contribution in [1.29, 1.82) is 0 Å². The molecule has 0 aliphatic heterocycles. The van der Waals surface area contributed by atoms with Crippen molar-refractivity contribution in [3.63, 3.8) is 0 Å². The van der Waals surface area contributed by atoms with Crippen LogP contribution in [0.2, 0.25) is 0 Å². The third kappa shape index (κ3) is 2.90. The molecule has 0 unspecified atom stereocenters. The van der Waals surface area contributed by atoms with E-state index < -0.39 is 5.97 Å². The number of carboxylic acid groups (broad SMARTS) is 1. The topological polar surface area (TPSA) is 70.9 Å². The third-order valence-corrected chi connectivity index (χ3v) is 3.95. The molecule has 0 amide bonds. The van der Waals surface area contributed by atoms with Gasteiger partial charge in [0.15, 0.2) is 0 Å². The van der Waals surface area contributed by atoms with Crippen molar-refractivity contribution in [3.05, 3.63) is 59.4 Å². The van der Waals surface area contributed by atoms with Gasteiger partial charge in [0.2, 0.25) is 0 Å². The van der Waals surface area contributed by atoms with Gasteiger partial charge < -0.3 is 10.1 Å². The molecular weight excluding hydrogens is 290 g/mol. The van der Waals surface area contributed by atoms with E-state index in [1.54, 1.807) is 24.3 Å². The Balaban J connectivity index is 1.91. The number of H-pyrrole nitrogens is 1. The van der Waals surface area contributed by atoms with Gasteiger partial charge in [0.25, 0.3) is 0 Å². The Bertz CT molecular complexity index is 807. The minimum Gasteiger partial charge on any atom is -0.478 e. The van der Waals surface area contributed by atoms with Crippen LogP contribution in [0.1, 0.15) is 35.5 Å². The smallest absolute Gasteiger partial charge is 0.335 e. The molecule has 0 aliphatic rings. The van der Waals surface area contributed by atoms with Gasteiger partial charge >= 0.3 is 5.97 Å². The maximum atomic E-state index is 10.9. The quantitative estimate of drug-likeness (QED) is 0.755. The lowest BCUT2D eigenvalue weighted by Gasteiger charge is -2.00. The van der Waals surface area contributed by atoms with Crippen molar-refractivity contribution < 1.29 is 9.90 Å². The van der Waals surface area contributed by atoms with Gasteiger partial charge in [0, 0.05) is 11.9 Å². The first kappa shape index (κ1) is 15.1. The first-order valence-electron chi connectivity index (χ1n) is 7.73. The van der Waals surface area contributed by atoms with Crippen LogP contribution in [0.3, 0.4) is 0 Å². The molecule has 0 fully saturated rings. The number of carbonyl (C=O) groups is 1. The molecule has 0 saturated heterocycles. The molecule has 2 aromatic heterocycles. The molecule has 118 valence electrons. The summed E-state index contributed by atoms with van der Waals surface area (Å²) in [7, 11) is 0. The van der Waals surface area contributed by atoms with Gasteiger partial charge in [-0.3, -0.25) is 0 Å². The predicted molar refractivity (Wildman–Crippen MR) is 89.1 cm³/mol. The van der Waals surface area contributed by atoms with E-state index in [-0.39, 0.29) is 5.56 Å². The Morgan fingerprint density at radius 1 is 1.13 bits per heavy atom. The van der Waals surface area contributed by atoms with Gasteiger partial charge in [-0.05, 0) is 48.2 Å². The number of rotatable bonds is 5. The van der Waals surface area contributed by atoms with E-state index in [1.807, 2.05) is 16.8 Å². The standard InChI is InChI=1S/C18H19N3O2/c1-3-12-11-21(20-15(12)4-2)17-10-9-16(19-17)13-5-7-14(8-6-13)18(22)23/h5-11,19H,3-4H2,1-2H3,(H,22,23). The number of nitrogens with zero attached hydrogens (tertiary/aromatic N) is 2. The van der Waals surface area contributed by atoms with E-state index in [2.05, 4.69) is 30.1 Å². The average Bonchev–Trinajstić information content (AvgIpc) is 3.21. The van der Waals surface area contributed by atoms with Gasteiger partial charge in [-0.15, -0.1) is 0 Å². The lowest BCUT2D eigenvalue weighted by atomic mass is 10.1. The first-order valence-corrected chi connectivity index (χ1v) is 7.73. The fourth-order valence-corrected chi connectivity index (χ4v) is 2.64. The summed E-state index contributed by atoms with van der Waals surface area (Å²) in [4.78, 5) is 14.2. The summed E-state index contributed by atoms with van der Waals surface area (Å²) >= 11 is 0. The molecule has 2 heterocycles. The number of aromatic nitrogens is 3. The zero-order chi connectivity index (χ0) is 16.4. The second-order valence-corrected chi connectivity index (χ2v) is 5.39. The summed E-state index contributed by atoms with van der Waals surface area (Å²) in [5.74, 6) is -0.0174. The highest BCUT2D eigenvalue weighted by molar-refractivity contribution is 5.88. The predicted octanol–water partition coefficient (Wildman–Crippen LogP) is 3.69. The molecule has 3 rings (SSSR count). The largest absolute Gasteiger partial charge is 0.478 e. The summed E-state index contributed by atoms with van der Waals surface area (Å²) < 4.78 is 1.87. The van der Waals surface area contributed by atoms with Crippen LogP contribution in [0.25, 0.3) is 17.1 Å². The van der Waals surface area contributed by atoms with Gasteiger partial charge in [0.05, 0.1) is 11.3 Å². The highest BCUT2D eigenvalue weighted by Crippen LogP contribution is 2.21. The fourth-order valence-electron chi connectivity index (χ4n) is 2.64. The zero-order valence-corrected chi connectivity index (χ0v) is 13.2. The summed E-state index contributed by atoms with van der Waals surface area (Å²) in [6.07, 6.45) is 3.94. The highest BCUT2D eigenvalue weighted by atomic mass is 16.4. The van der Waals surface area contributed by atoms with Crippen LogP contribution in [0, 0.1) is 0 Å². The number of aryl methyl sites for hydroxylation is 2. The number of nitrogens with one attached hydrogen (secondary N) is 1. The minimum absolute atomic E-state index is 0.285. The molecular formula is C18H19N3O2. The maximum absolute atomic E-state index is 10.9. The van der Waals surface area contributed by atoms with Crippen LogP contribution in [-0.2, 0) is 12.8 Å². The Kier molecular flexibility index (Phi) is 4.02. The van der Waals surface area contributed by atoms with Crippen LogP contribution < -0.4 is 0 Å². The van der Waals surface area contributed by atoms with Crippen molar-refractivity contribution in [1.82, 2.24) is 14.8 Å². The van der Waals surface area contributed by atoms with Gasteiger partial charge in [-0.2, -0.15) is 5.10 Å². The molecule has 0 spiro atoms. The van der Waals surface area contributed by atoms with E-state index >= 15 is 0 Å². The third-order valence-electron chi connectivity index (χ3n) is 3.95. The molecule has 0 atom stereocenters. The van der Waals surface area contributed by atoms with Gasteiger partial charge in [0.1, 0.15) is 5.82 Å². The van der Waals surface area contributed by atoms with Gasteiger partial charge in [-0.1, -0.05) is 26.0 Å². The SMILES string of the molecule is CCc1cn(-c2ccc(-c3ccc(C(=O)O)cc3)[nH]2)nc1CC. The molecule has 23 heavy (non-hydrogen) atoms. The van der Waals surface area contributed by atoms with Crippen LogP contribution in [0.5, 0.6) is 0 Å². The summed E-state index contributed by atoms with van der Waals surface area (Å²) in [5.41, 5.74) is 4.54. The van der Waals surface area contributed by atoms with E-state index in [0.29, 0.717) is 0 Å². The summed E-state index contributed by atoms with van der Waals surface area (Å²) in [6.45, 7) is 4.24. The lowest BCUT2D eigenvalue weighted by Crippen LogP contribution is -1.96. The van der Waals surface area contributed by atoms with Crippen molar-refractivity contribution in [3.8, 4) is 17.1 Å². The molecule has 1 aromatic carbocycles. The molecule has 5 nitrogen and oxygen atoms in total. The number of aromatic amines is 1. The van der Waals surface area contributed by atoms with Crippen molar-refractivity contribution in [2.24, 2.45) is 0 Å². The van der Waals surface area contributed by atoms with Crippen molar-refractivity contribution >= 4 is 5.97 Å². The van der Waals surface area contributed by atoms with Crippen LogP contribution >= 0.6 is 0 Å². The molecule has 5 heteroatoms. The normalized spacial score (nSPS) is 10.9. The highest BCUT2D eigenvalue weighted by Gasteiger charge is 2.09. The van der Waals surface area contributed by atoms with E-state index in [0.717, 1.165) is 35.6 Å². The second kappa shape index (κ2) is 6.12. The second-order valence-electron chi connectivity index (χ2n) is 5.39. The molecule has 3 aromatic rings. The first-order chi connectivity index (χ1) is 11.1. The zero-order valence-electron chi connectivity index (χ0n) is 13.2. The number of benzene rings is 1. The number of carboxylic acids is 1. The van der Waals surface area contributed by atoms with Crippen LogP contribution in [0.4, 0.5) is 0 Å². The Morgan fingerprint density at radius 2 is 1.87 bits per heavy atom. The monoisotopic (exact) mass is 309 g/mol. The van der Waals surface area contributed by atoms with Gasteiger partial charge in [-0.25, -0.2) is 9.48 Å². The van der Waals surface area contributed by atoms with Crippen molar-refractivity contribution in [2.45, 2.75) is 26.7 Å². The molecule has 2 N–H and O–H groups in total. The average molecular weight is 309 g/mol. The van der Waals surface area contributed by atoms with Crippen molar-refractivity contribution in [2.75, 3.05) is 0 Å². The molecule has 0 aliphatic carbocycles. The van der Waals surface area contributed by atoms with E-state index in [1.165, 1.54) is 5.56 Å². The Hall–Kier alpha value is -2.82. The maximum Gasteiger partial charge on any atom is 0.335 e. The summed E-state index contributed by atoms with van der Waals surface area (Å²) in [6, 6.07) is 10.8. The molecule has 0 saturated carbocycles. The molecule has 0 bridgehead atoms. The number of aromatic carboxylic acids is 1. The minimum atomic E-state index is -0.917. The fraction of sp³-hybridized carbons (Fsp3) is 0.222. The van der Waals surface area contributed by atoms with E-state index in [4.69, 9.17) is 5.11 Å². The summed E-state index contributed by atoms with van der Waals surface area (Å²) in [5, 5.41) is 13.6. The number of hydrogen-bond acceptors (Lipinski definition) is 2. The van der Waals surface area contributed by atoms with Crippen LogP contribution in [-0.4, -0.2) is 25.8 Å². The molecule has 0 radical (unpaired) electrons. The number of hydrogen-bond donors (Lipinski definition) is 2. The Labute approximate surface area is 134 Å². The Morgan fingerprint density at radius 3 is 2.43 bits per heavy atom. The van der Waals surface area contributed by atoms with Crippen LogP contribution in [0.15, 0.2) is 42.6 Å².